The van der Waals surface area contributed by atoms with Crippen LogP contribution in [0.25, 0.3) is 16.5 Å². The first-order chi connectivity index (χ1) is 8.66. The van der Waals surface area contributed by atoms with E-state index in [0.717, 1.165) is 16.5 Å². The van der Waals surface area contributed by atoms with Crippen LogP contribution >= 0.6 is 0 Å². The molecule has 5 heteroatoms. The Morgan fingerprint density at radius 1 is 1.22 bits per heavy atom. The topological polar surface area (TPSA) is 71.2 Å². The number of alkyl carbamates (subject to hydrolysis) is 1. The minimum Gasteiger partial charge on any atom is -0.404 e. The van der Waals surface area contributed by atoms with Crippen molar-refractivity contribution in [3.8, 4) is 0 Å². The molecule has 0 radical (unpaired) electrons. The van der Waals surface area contributed by atoms with Crippen LogP contribution in [0.5, 0.6) is 0 Å². The average Bonchev–Trinajstić information content (AvgIpc) is 2.92. The molecule has 1 aliphatic heterocycles. The zero-order valence-corrected chi connectivity index (χ0v) is 9.61. The first kappa shape index (κ1) is 10.6. The van der Waals surface area contributed by atoms with Gasteiger partial charge in [-0.25, -0.2) is 4.79 Å². The van der Waals surface area contributed by atoms with Gasteiger partial charge in [0, 0.05) is 28.2 Å². The number of para-hydroxylation sites is 1. The number of nitrogens with one attached hydrogen (secondary N) is 2. The second-order valence-corrected chi connectivity index (χ2v) is 4.05. The maximum Gasteiger partial charge on any atom is 0.419 e. The summed E-state index contributed by atoms with van der Waals surface area (Å²) < 4.78 is 4.87. The number of carbonyl (C=O) groups is 2. The van der Waals surface area contributed by atoms with Crippen LogP contribution < -0.4 is 5.32 Å². The summed E-state index contributed by atoms with van der Waals surface area (Å²) in [6.07, 6.45) is 1.07. The van der Waals surface area contributed by atoms with Crippen molar-refractivity contribution < 1.29 is 14.3 Å². The predicted octanol–water partition coefficient (Wildman–Crippen LogP) is 2.17. The van der Waals surface area contributed by atoms with Crippen molar-refractivity contribution in [3.05, 3.63) is 41.8 Å². The Morgan fingerprint density at radius 3 is 2.72 bits per heavy atom. The monoisotopic (exact) mass is 242 g/mol. The molecular weight excluding hydrogens is 232 g/mol. The maximum atomic E-state index is 11.5. The Kier molecular flexibility index (Phi) is 2.19. The number of amides is 2. The Balaban J connectivity index is 2.18. The molecule has 2 heterocycles. The van der Waals surface area contributed by atoms with Crippen LogP contribution in [0.1, 0.15) is 12.5 Å². The van der Waals surface area contributed by atoms with Crippen molar-refractivity contribution in [2.75, 3.05) is 0 Å². The molecule has 3 rings (SSSR count). The van der Waals surface area contributed by atoms with E-state index in [1.165, 1.54) is 0 Å². The van der Waals surface area contributed by atoms with Crippen molar-refractivity contribution in [1.82, 2.24) is 10.3 Å². The van der Waals surface area contributed by atoms with Gasteiger partial charge in [0.2, 0.25) is 5.76 Å². The van der Waals surface area contributed by atoms with Gasteiger partial charge in [-0.15, -0.1) is 0 Å². The first-order valence-corrected chi connectivity index (χ1v) is 5.47. The standard InChI is InChI=1S/C13H10N2O3/c1-7(11-12(16)15-13(17)18-11)9-6-14-10-5-3-2-4-8(9)10/h2-6,14H,1H3,(H,15,16,17). The van der Waals surface area contributed by atoms with Gasteiger partial charge in [0.15, 0.2) is 0 Å². The summed E-state index contributed by atoms with van der Waals surface area (Å²) in [5.41, 5.74) is 2.46. The third-order valence-corrected chi connectivity index (χ3v) is 2.95. The molecule has 0 unspecified atom stereocenters. The molecule has 0 aliphatic carbocycles. The zero-order valence-electron chi connectivity index (χ0n) is 9.61. The fraction of sp³-hybridized carbons (Fsp3) is 0.0769. The Hall–Kier alpha value is -2.56. The highest BCUT2D eigenvalue weighted by molar-refractivity contribution is 6.12. The van der Waals surface area contributed by atoms with Gasteiger partial charge in [0.1, 0.15) is 0 Å². The second-order valence-electron chi connectivity index (χ2n) is 4.05. The summed E-state index contributed by atoms with van der Waals surface area (Å²) in [5.74, 6) is -0.437. The van der Waals surface area contributed by atoms with Crippen LogP contribution in [-0.4, -0.2) is 17.0 Å². The summed E-state index contributed by atoms with van der Waals surface area (Å²) in [5, 5.41) is 3.07. The fourth-order valence-electron chi connectivity index (χ4n) is 2.06. The van der Waals surface area contributed by atoms with Gasteiger partial charge in [0.25, 0.3) is 5.91 Å². The van der Waals surface area contributed by atoms with Crippen LogP contribution in [0.4, 0.5) is 4.79 Å². The quantitative estimate of drug-likeness (QED) is 0.753. The van der Waals surface area contributed by atoms with Crippen LogP contribution in [0.3, 0.4) is 0 Å². The number of allylic oxidation sites excluding steroid dienone is 1. The molecule has 1 aliphatic rings. The Labute approximate surface area is 102 Å². The van der Waals surface area contributed by atoms with E-state index in [4.69, 9.17) is 4.74 Å². The van der Waals surface area contributed by atoms with E-state index in [2.05, 4.69) is 10.3 Å². The van der Waals surface area contributed by atoms with Crippen molar-refractivity contribution in [1.29, 1.82) is 0 Å². The lowest BCUT2D eigenvalue weighted by atomic mass is 10.1. The minimum absolute atomic E-state index is 0.0600. The number of benzene rings is 1. The summed E-state index contributed by atoms with van der Waals surface area (Å²) in [7, 11) is 0. The summed E-state index contributed by atoms with van der Waals surface area (Å²) in [6, 6.07) is 7.73. The molecule has 1 fully saturated rings. The van der Waals surface area contributed by atoms with Crippen LogP contribution in [-0.2, 0) is 9.53 Å². The highest BCUT2D eigenvalue weighted by Gasteiger charge is 2.29. The van der Waals surface area contributed by atoms with Crippen molar-refractivity contribution in [3.63, 3.8) is 0 Å². The SMILES string of the molecule is CC(=C1OC(=O)NC1=O)c1c[nH]c2ccccc12. The lowest BCUT2D eigenvalue weighted by Gasteiger charge is -2.01. The number of fused-ring (bicyclic) bond motifs is 1. The number of hydrogen-bond acceptors (Lipinski definition) is 3. The molecule has 2 N–H and O–H groups in total. The highest BCUT2D eigenvalue weighted by atomic mass is 16.6. The van der Waals surface area contributed by atoms with Crippen molar-refractivity contribution >= 4 is 28.5 Å². The molecule has 5 nitrogen and oxygen atoms in total. The number of aromatic amines is 1. The Bertz CT molecular complexity index is 697. The fourth-order valence-corrected chi connectivity index (χ4v) is 2.06. The van der Waals surface area contributed by atoms with Crippen LogP contribution in [0.2, 0.25) is 0 Å². The molecular formula is C13H10N2O3. The lowest BCUT2D eigenvalue weighted by Crippen LogP contribution is -2.18. The largest absolute Gasteiger partial charge is 0.419 e. The molecule has 2 aromatic rings. The molecule has 0 saturated carbocycles. The minimum atomic E-state index is -0.728. The van der Waals surface area contributed by atoms with Gasteiger partial charge in [-0.3, -0.25) is 10.1 Å². The van der Waals surface area contributed by atoms with Gasteiger partial charge in [-0.1, -0.05) is 18.2 Å². The van der Waals surface area contributed by atoms with E-state index in [9.17, 15) is 9.59 Å². The van der Waals surface area contributed by atoms with Gasteiger partial charge < -0.3 is 9.72 Å². The summed E-state index contributed by atoms with van der Waals surface area (Å²) in [4.78, 5) is 25.7. The van der Waals surface area contributed by atoms with E-state index >= 15 is 0 Å². The molecule has 1 saturated heterocycles. The maximum absolute atomic E-state index is 11.5. The number of hydrogen-bond donors (Lipinski definition) is 2. The smallest absolute Gasteiger partial charge is 0.404 e. The van der Waals surface area contributed by atoms with E-state index in [1.54, 1.807) is 13.1 Å². The molecule has 1 aromatic carbocycles. The number of cyclic esters (lactones) is 1. The number of aromatic nitrogens is 1. The van der Waals surface area contributed by atoms with Gasteiger partial charge in [-0.05, 0) is 13.0 Å². The number of imide groups is 1. The van der Waals surface area contributed by atoms with Gasteiger partial charge in [0.05, 0.1) is 0 Å². The van der Waals surface area contributed by atoms with Crippen LogP contribution in [0, 0.1) is 0 Å². The molecule has 2 amide bonds. The first-order valence-electron chi connectivity index (χ1n) is 5.47. The third kappa shape index (κ3) is 1.48. The molecule has 1 aromatic heterocycles. The molecule has 0 spiro atoms. The number of rotatable bonds is 1. The van der Waals surface area contributed by atoms with Crippen LogP contribution in [0.15, 0.2) is 36.2 Å². The number of H-pyrrole nitrogens is 1. The number of carbonyl (C=O) groups excluding carboxylic acids is 2. The van der Waals surface area contributed by atoms with Gasteiger partial charge >= 0.3 is 6.09 Å². The van der Waals surface area contributed by atoms with E-state index < -0.39 is 12.0 Å². The summed E-state index contributed by atoms with van der Waals surface area (Å²) in [6.45, 7) is 1.75. The Morgan fingerprint density at radius 2 is 2.00 bits per heavy atom. The number of ether oxygens (including phenoxy) is 1. The third-order valence-electron chi connectivity index (χ3n) is 2.95. The second kappa shape index (κ2) is 3.73. The van der Waals surface area contributed by atoms with Crippen molar-refractivity contribution in [2.24, 2.45) is 0 Å². The molecule has 0 bridgehead atoms. The highest BCUT2D eigenvalue weighted by Crippen LogP contribution is 2.28. The molecule has 90 valence electrons. The predicted molar refractivity (Wildman–Crippen MR) is 65.5 cm³/mol. The van der Waals surface area contributed by atoms with Gasteiger partial charge in [-0.2, -0.15) is 0 Å². The van der Waals surface area contributed by atoms with E-state index in [0.29, 0.717) is 5.57 Å². The summed E-state index contributed by atoms with van der Waals surface area (Å²) >= 11 is 0. The van der Waals surface area contributed by atoms with E-state index in [-0.39, 0.29) is 5.76 Å². The lowest BCUT2D eigenvalue weighted by molar-refractivity contribution is -0.116. The molecule has 18 heavy (non-hydrogen) atoms. The van der Waals surface area contributed by atoms with E-state index in [1.807, 2.05) is 24.3 Å². The normalized spacial score (nSPS) is 17.8. The average molecular weight is 242 g/mol. The molecule has 0 atom stereocenters. The zero-order chi connectivity index (χ0) is 12.7. The van der Waals surface area contributed by atoms with Crippen molar-refractivity contribution in [2.45, 2.75) is 6.92 Å².